The summed E-state index contributed by atoms with van der Waals surface area (Å²) in [5, 5.41) is 0. The zero-order chi connectivity index (χ0) is 21.1. The van der Waals surface area contributed by atoms with Gasteiger partial charge in [-0.15, -0.1) is 11.8 Å². The summed E-state index contributed by atoms with van der Waals surface area (Å²) in [6.07, 6.45) is 2.15. The van der Waals surface area contributed by atoms with Gasteiger partial charge in [0.15, 0.2) is 0 Å². The monoisotopic (exact) mass is 408 g/mol. The van der Waals surface area contributed by atoms with Crippen molar-refractivity contribution in [2.75, 3.05) is 6.26 Å². The van der Waals surface area contributed by atoms with Gasteiger partial charge >= 0.3 is 0 Å². The first-order valence-electron chi connectivity index (χ1n) is 10.4. The summed E-state index contributed by atoms with van der Waals surface area (Å²) in [6, 6.07) is 35.2. The molecule has 0 saturated carbocycles. The van der Waals surface area contributed by atoms with Crippen LogP contribution in [0.1, 0.15) is 30.5 Å². The van der Waals surface area contributed by atoms with Crippen LogP contribution in [0.25, 0.3) is 22.3 Å². The van der Waals surface area contributed by atoms with Gasteiger partial charge in [-0.1, -0.05) is 98.8 Å². The number of aryl methyl sites for hydroxylation is 1. The summed E-state index contributed by atoms with van der Waals surface area (Å²) < 4.78 is 0. The molecule has 0 aliphatic rings. The van der Waals surface area contributed by atoms with E-state index in [1.165, 1.54) is 43.8 Å². The van der Waals surface area contributed by atoms with E-state index >= 15 is 0 Å². The Hall–Kier alpha value is -2.77. The third kappa shape index (κ3) is 3.95. The molecule has 0 bridgehead atoms. The number of rotatable bonds is 5. The van der Waals surface area contributed by atoms with Gasteiger partial charge in [0.2, 0.25) is 0 Å². The summed E-state index contributed by atoms with van der Waals surface area (Å²) >= 11 is 1.81. The molecular weight excluding hydrogens is 380 g/mol. The standard InChI is InChI=1S/C29H28S/c1-21-15-16-24(19-26(21)22-11-7-5-8-12-22)29(2,3)25-17-18-28(30-4)27(20-25)23-13-9-6-10-14-23/h5-20H,1-4H3. The summed E-state index contributed by atoms with van der Waals surface area (Å²) in [4.78, 5) is 1.31. The Morgan fingerprint density at radius 3 is 1.67 bits per heavy atom. The van der Waals surface area contributed by atoms with Crippen molar-refractivity contribution in [3.8, 4) is 22.3 Å². The highest BCUT2D eigenvalue weighted by atomic mass is 32.2. The van der Waals surface area contributed by atoms with Crippen LogP contribution in [0, 0.1) is 6.92 Å². The molecule has 0 radical (unpaired) electrons. The van der Waals surface area contributed by atoms with Crippen LogP contribution in [0.15, 0.2) is 102 Å². The molecular formula is C29H28S. The Morgan fingerprint density at radius 2 is 1.10 bits per heavy atom. The van der Waals surface area contributed by atoms with Crippen molar-refractivity contribution in [3.63, 3.8) is 0 Å². The SMILES string of the molecule is CSc1ccc(C(C)(C)c2ccc(C)c(-c3ccccc3)c2)cc1-c1ccccc1. The molecule has 0 fully saturated rings. The van der Waals surface area contributed by atoms with Crippen molar-refractivity contribution < 1.29 is 0 Å². The molecule has 150 valence electrons. The van der Waals surface area contributed by atoms with Crippen molar-refractivity contribution in [1.82, 2.24) is 0 Å². The highest BCUT2D eigenvalue weighted by Gasteiger charge is 2.25. The second-order valence-corrected chi connectivity index (χ2v) is 9.15. The van der Waals surface area contributed by atoms with Crippen LogP contribution in [0.3, 0.4) is 0 Å². The zero-order valence-electron chi connectivity index (χ0n) is 18.1. The van der Waals surface area contributed by atoms with Gasteiger partial charge in [0, 0.05) is 10.3 Å². The molecule has 0 amide bonds. The van der Waals surface area contributed by atoms with Crippen molar-refractivity contribution in [2.24, 2.45) is 0 Å². The Morgan fingerprint density at radius 1 is 0.600 bits per heavy atom. The van der Waals surface area contributed by atoms with Crippen LogP contribution in [0.5, 0.6) is 0 Å². The molecule has 0 aliphatic carbocycles. The van der Waals surface area contributed by atoms with E-state index in [-0.39, 0.29) is 5.41 Å². The summed E-state index contributed by atoms with van der Waals surface area (Å²) in [6.45, 7) is 6.85. The Balaban J connectivity index is 1.81. The predicted octanol–water partition coefficient (Wildman–Crippen LogP) is 8.38. The molecule has 4 aromatic rings. The van der Waals surface area contributed by atoms with Crippen LogP contribution in [-0.2, 0) is 5.41 Å². The average Bonchev–Trinajstić information content (AvgIpc) is 2.80. The van der Waals surface area contributed by atoms with Crippen LogP contribution >= 0.6 is 11.8 Å². The van der Waals surface area contributed by atoms with Crippen LogP contribution in [-0.4, -0.2) is 6.26 Å². The maximum atomic E-state index is 2.38. The first-order chi connectivity index (χ1) is 14.5. The highest BCUT2D eigenvalue weighted by Crippen LogP contribution is 2.39. The lowest BCUT2D eigenvalue weighted by molar-refractivity contribution is 0.640. The molecule has 4 rings (SSSR count). The molecule has 0 heterocycles. The average molecular weight is 409 g/mol. The lowest BCUT2D eigenvalue weighted by Crippen LogP contribution is -2.19. The van der Waals surface area contributed by atoms with Crippen LogP contribution in [0.4, 0.5) is 0 Å². The van der Waals surface area contributed by atoms with E-state index in [1.807, 2.05) is 11.8 Å². The van der Waals surface area contributed by atoms with Gasteiger partial charge in [-0.2, -0.15) is 0 Å². The maximum absolute atomic E-state index is 2.38. The van der Waals surface area contributed by atoms with Gasteiger partial charge < -0.3 is 0 Å². The minimum atomic E-state index is -0.0995. The van der Waals surface area contributed by atoms with Gasteiger partial charge in [-0.05, 0) is 64.3 Å². The molecule has 1 heteroatoms. The Labute approximate surface area is 185 Å². The third-order valence-corrected chi connectivity index (χ3v) is 6.85. The molecule has 0 unspecified atom stereocenters. The minimum absolute atomic E-state index is 0.0995. The minimum Gasteiger partial charge on any atom is -0.129 e. The largest absolute Gasteiger partial charge is 0.129 e. The smallest absolute Gasteiger partial charge is 0.0148 e. The van der Waals surface area contributed by atoms with Gasteiger partial charge in [0.1, 0.15) is 0 Å². The number of benzene rings is 4. The second-order valence-electron chi connectivity index (χ2n) is 8.30. The normalized spacial score (nSPS) is 11.5. The quantitative estimate of drug-likeness (QED) is 0.299. The van der Waals surface area contributed by atoms with Gasteiger partial charge in [0.25, 0.3) is 0 Å². The van der Waals surface area contributed by atoms with E-state index in [4.69, 9.17) is 0 Å². The Kier molecular flexibility index (Phi) is 5.83. The highest BCUT2D eigenvalue weighted by molar-refractivity contribution is 7.98. The molecule has 0 N–H and O–H groups in total. The van der Waals surface area contributed by atoms with Crippen LogP contribution in [0.2, 0.25) is 0 Å². The molecule has 0 nitrogen and oxygen atoms in total. The number of thioether (sulfide) groups is 1. The first-order valence-corrected chi connectivity index (χ1v) is 11.6. The molecule has 30 heavy (non-hydrogen) atoms. The first kappa shape index (κ1) is 20.5. The fraction of sp³-hybridized carbons (Fsp3) is 0.172. The molecule has 0 aromatic heterocycles. The fourth-order valence-electron chi connectivity index (χ4n) is 4.05. The molecule has 0 atom stereocenters. The lowest BCUT2D eigenvalue weighted by atomic mass is 9.76. The number of hydrogen-bond donors (Lipinski definition) is 0. The molecule has 0 saturated heterocycles. The summed E-state index contributed by atoms with van der Waals surface area (Å²) in [5.74, 6) is 0. The molecule has 4 aromatic carbocycles. The maximum Gasteiger partial charge on any atom is 0.0148 e. The summed E-state index contributed by atoms with van der Waals surface area (Å²) in [7, 11) is 0. The zero-order valence-corrected chi connectivity index (χ0v) is 19.0. The van der Waals surface area contributed by atoms with E-state index in [0.717, 1.165) is 0 Å². The molecule has 0 spiro atoms. The summed E-state index contributed by atoms with van der Waals surface area (Å²) in [5.41, 5.74) is 9.05. The van der Waals surface area contributed by atoms with Gasteiger partial charge in [0.05, 0.1) is 0 Å². The fourth-order valence-corrected chi connectivity index (χ4v) is 4.65. The predicted molar refractivity (Wildman–Crippen MR) is 132 cm³/mol. The topological polar surface area (TPSA) is 0 Å². The van der Waals surface area contributed by atoms with Gasteiger partial charge in [-0.3, -0.25) is 0 Å². The van der Waals surface area contributed by atoms with Crippen molar-refractivity contribution >= 4 is 11.8 Å². The number of hydrogen-bond acceptors (Lipinski definition) is 1. The van der Waals surface area contributed by atoms with E-state index in [9.17, 15) is 0 Å². The lowest BCUT2D eigenvalue weighted by Gasteiger charge is -2.28. The van der Waals surface area contributed by atoms with E-state index < -0.39 is 0 Å². The van der Waals surface area contributed by atoms with E-state index in [1.54, 1.807) is 0 Å². The van der Waals surface area contributed by atoms with Crippen molar-refractivity contribution in [3.05, 3.63) is 114 Å². The van der Waals surface area contributed by atoms with Crippen LogP contribution < -0.4 is 0 Å². The van der Waals surface area contributed by atoms with Gasteiger partial charge in [-0.25, -0.2) is 0 Å². The molecule has 0 aliphatic heterocycles. The van der Waals surface area contributed by atoms with E-state index in [2.05, 4.69) is 124 Å². The van der Waals surface area contributed by atoms with Crippen molar-refractivity contribution in [2.45, 2.75) is 31.1 Å². The third-order valence-electron chi connectivity index (χ3n) is 6.05. The Bertz CT molecular complexity index is 1140. The van der Waals surface area contributed by atoms with E-state index in [0.29, 0.717) is 0 Å². The second kappa shape index (κ2) is 8.53. The van der Waals surface area contributed by atoms with Crippen molar-refractivity contribution in [1.29, 1.82) is 0 Å².